The Morgan fingerprint density at radius 3 is 2.45 bits per heavy atom. The van der Waals surface area contributed by atoms with Crippen molar-refractivity contribution in [3.63, 3.8) is 0 Å². The monoisotopic (exact) mass is 467 g/mol. The normalized spacial score (nSPS) is 11.3. The Labute approximate surface area is 187 Å². The van der Waals surface area contributed by atoms with Gasteiger partial charge in [0.15, 0.2) is 10.7 Å². The number of hydrogen-bond donors (Lipinski definition) is 0. The lowest BCUT2D eigenvalue weighted by Crippen LogP contribution is -2.16. The number of esters is 1. The third-order valence-electron chi connectivity index (χ3n) is 4.75. The van der Waals surface area contributed by atoms with Crippen molar-refractivity contribution >= 4 is 21.5 Å². The minimum Gasteiger partial charge on any atom is -0.456 e. The fourth-order valence-corrected chi connectivity index (χ4v) is 4.11. The smallest absolute Gasteiger partial charge is 0.358 e. The molecule has 4 aromatic rings. The molecule has 12 heteroatoms. The summed E-state index contributed by atoms with van der Waals surface area (Å²) in [6.07, 6.45) is 5.10. The van der Waals surface area contributed by atoms with Gasteiger partial charge >= 0.3 is 5.97 Å². The molecular weight excluding hydrogens is 450 g/mol. The zero-order chi connectivity index (χ0) is 23.6. The van der Waals surface area contributed by atoms with Gasteiger partial charge in [0.2, 0.25) is 9.84 Å². The van der Waals surface area contributed by atoms with Crippen molar-refractivity contribution in [1.82, 2.24) is 19.3 Å². The fraction of sp³-hybridized carbons (Fsp3) is 0.0952. The van der Waals surface area contributed by atoms with E-state index in [0.717, 1.165) is 5.56 Å². The van der Waals surface area contributed by atoms with Gasteiger partial charge in [-0.1, -0.05) is 17.7 Å². The third kappa shape index (κ3) is 4.50. The zero-order valence-corrected chi connectivity index (χ0v) is 18.0. The summed E-state index contributed by atoms with van der Waals surface area (Å²) in [7, 11) is -3.84. The molecule has 2 aromatic carbocycles. The van der Waals surface area contributed by atoms with E-state index in [0.29, 0.717) is 5.56 Å². The Kier molecular flexibility index (Phi) is 5.75. The summed E-state index contributed by atoms with van der Waals surface area (Å²) in [4.78, 5) is 30.8. The van der Waals surface area contributed by atoms with Crippen LogP contribution in [-0.2, 0) is 21.2 Å². The van der Waals surface area contributed by atoms with Gasteiger partial charge in [0.05, 0.1) is 22.2 Å². The number of nitro benzene ring substituents is 1. The molecule has 2 heterocycles. The number of aryl methyl sites for hydroxylation is 1. The van der Waals surface area contributed by atoms with Gasteiger partial charge in [0, 0.05) is 12.1 Å². The maximum absolute atomic E-state index is 12.8. The molecule has 0 aliphatic rings. The summed E-state index contributed by atoms with van der Waals surface area (Å²) in [5.74, 6) is -0.720. The van der Waals surface area contributed by atoms with Crippen LogP contribution in [0.3, 0.4) is 0 Å². The number of ether oxygens (including phenoxy) is 1. The molecule has 11 nitrogen and oxygen atoms in total. The van der Waals surface area contributed by atoms with Crippen molar-refractivity contribution in [2.45, 2.75) is 23.5 Å². The first-order valence-electron chi connectivity index (χ1n) is 9.55. The standard InChI is InChI=1S/C21H17N5O6S/c1-15-2-8-18(9-3-15)33(30,31)20-11-24(14-23-20)25-13-22-10-19(25)21(27)32-12-16-4-6-17(7-5-16)26(28)29/h2-11,13-14H,12H2,1H3. The molecule has 2 aromatic heterocycles. The summed E-state index contributed by atoms with van der Waals surface area (Å²) in [6.45, 7) is 1.74. The Balaban J connectivity index is 1.51. The van der Waals surface area contributed by atoms with E-state index in [-0.39, 0.29) is 27.9 Å². The molecule has 0 aliphatic heterocycles. The quantitative estimate of drug-likeness (QED) is 0.230. The van der Waals surface area contributed by atoms with Gasteiger partial charge in [-0.3, -0.25) is 10.1 Å². The number of nitrogens with zero attached hydrogens (tertiary/aromatic N) is 5. The zero-order valence-electron chi connectivity index (χ0n) is 17.2. The molecule has 0 unspecified atom stereocenters. The van der Waals surface area contributed by atoms with Crippen molar-refractivity contribution in [2.75, 3.05) is 0 Å². The number of hydrogen-bond acceptors (Lipinski definition) is 8. The van der Waals surface area contributed by atoms with E-state index in [2.05, 4.69) is 9.97 Å². The van der Waals surface area contributed by atoms with Crippen LogP contribution in [0.2, 0.25) is 0 Å². The SMILES string of the molecule is Cc1ccc(S(=O)(=O)c2cn(-n3cncc3C(=O)OCc3ccc([N+](=O)[O-])cc3)cn2)cc1. The van der Waals surface area contributed by atoms with Gasteiger partial charge in [-0.25, -0.2) is 32.5 Å². The number of benzene rings is 2. The van der Waals surface area contributed by atoms with E-state index >= 15 is 0 Å². The number of aromatic nitrogens is 4. The molecule has 0 spiro atoms. The van der Waals surface area contributed by atoms with Crippen LogP contribution in [0, 0.1) is 17.0 Å². The molecule has 0 radical (unpaired) electrons. The summed E-state index contributed by atoms with van der Waals surface area (Å²) >= 11 is 0. The number of carbonyl (C=O) groups is 1. The molecule has 0 N–H and O–H groups in total. The van der Waals surface area contributed by atoms with Crippen LogP contribution in [0.25, 0.3) is 0 Å². The second kappa shape index (κ2) is 8.67. The summed E-state index contributed by atoms with van der Waals surface area (Å²) in [5.41, 5.74) is 1.46. The van der Waals surface area contributed by atoms with E-state index in [9.17, 15) is 23.3 Å². The van der Waals surface area contributed by atoms with Gasteiger partial charge < -0.3 is 4.74 Å². The number of imidazole rings is 2. The molecule has 0 saturated carbocycles. The van der Waals surface area contributed by atoms with Crippen LogP contribution in [0.4, 0.5) is 5.69 Å². The second-order valence-corrected chi connectivity index (χ2v) is 8.93. The molecule has 0 bridgehead atoms. The first kappa shape index (κ1) is 21.9. The molecule has 0 saturated heterocycles. The largest absolute Gasteiger partial charge is 0.456 e. The molecule has 0 aliphatic carbocycles. The highest BCUT2D eigenvalue weighted by molar-refractivity contribution is 7.91. The van der Waals surface area contributed by atoms with Crippen molar-refractivity contribution in [2.24, 2.45) is 0 Å². The lowest BCUT2D eigenvalue weighted by Gasteiger charge is -2.08. The summed E-state index contributed by atoms with van der Waals surface area (Å²) in [6, 6.07) is 12.0. The maximum atomic E-state index is 12.8. The minimum atomic E-state index is -3.84. The van der Waals surface area contributed by atoms with E-state index in [1.807, 2.05) is 6.92 Å². The Bertz CT molecular complexity index is 1420. The van der Waals surface area contributed by atoms with Gasteiger partial charge in [0.1, 0.15) is 19.3 Å². The Hall–Kier alpha value is -4.32. The second-order valence-electron chi connectivity index (χ2n) is 7.03. The highest BCUT2D eigenvalue weighted by Gasteiger charge is 2.22. The summed E-state index contributed by atoms with van der Waals surface area (Å²) < 4.78 is 33.5. The van der Waals surface area contributed by atoms with Crippen molar-refractivity contribution < 1.29 is 22.9 Å². The molecule has 0 amide bonds. The minimum absolute atomic E-state index is 0.0357. The fourth-order valence-electron chi connectivity index (χ4n) is 2.95. The van der Waals surface area contributed by atoms with Crippen LogP contribution >= 0.6 is 0 Å². The van der Waals surface area contributed by atoms with Crippen LogP contribution in [0.5, 0.6) is 0 Å². The van der Waals surface area contributed by atoms with E-state index < -0.39 is 20.7 Å². The molecular formula is C21H17N5O6S. The van der Waals surface area contributed by atoms with Gasteiger partial charge in [-0.05, 0) is 36.8 Å². The molecule has 0 atom stereocenters. The van der Waals surface area contributed by atoms with Crippen LogP contribution in [-0.4, -0.2) is 38.6 Å². The molecule has 168 valence electrons. The number of sulfone groups is 1. The highest BCUT2D eigenvalue weighted by atomic mass is 32.2. The van der Waals surface area contributed by atoms with Crippen LogP contribution in [0.15, 0.2) is 83.5 Å². The number of rotatable bonds is 7. The highest BCUT2D eigenvalue weighted by Crippen LogP contribution is 2.20. The van der Waals surface area contributed by atoms with Crippen molar-refractivity contribution in [3.05, 3.63) is 101 Å². The number of carbonyl (C=O) groups excluding carboxylic acids is 1. The predicted octanol–water partition coefficient (Wildman–Crippen LogP) is 2.80. The van der Waals surface area contributed by atoms with E-state index in [4.69, 9.17) is 4.74 Å². The topological polar surface area (TPSA) is 139 Å². The molecule has 33 heavy (non-hydrogen) atoms. The average molecular weight is 467 g/mol. The third-order valence-corrected chi connectivity index (χ3v) is 6.40. The lowest BCUT2D eigenvalue weighted by atomic mass is 10.2. The maximum Gasteiger partial charge on any atom is 0.358 e. The van der Waals surface area contributed by atoms with Gasteiger partial charge in [-0.2, -0.15) is 0 Å². The van der Waals surface area contributed by atoms with Crippen molar-refractivity contribution in [1.29, 1.82) is 0 Å². The van der Waals surface area contributed by atoms with Crippen LogP contribution in [0.1, 0.15) is 21.6 Å². The number of non-ortho nitro benzene ring substituents is 1. The molecule has 4 rings (SSSR count). The van der Waals surface area contributed by atoms with Crippen LogP contribution < -0.4 is 0 Å². The van der Waals surface area contributed by atoms with E-state index in [1.165, 1.54) is 70.8 Å². The molecule has 0 fully saturated rings. The Morgan fingerprint density at radius 2 is 1.79 bits per heavy atom. The average Bonchev–Trinajstić information content (AvgIpc) is 3.48. The first-order valence-corrected chi connectivity index (χ1v) is 11.0. The van der Waals surface area contributed by atoms with E-state index in [1.54, 1.807) is 12.1 Å². The Morgan fingerprint density at radius 1 is 1.09 bits per heavy atom. The van der Waals surface area contributed by atoms with Gasteiger partial charge in [-0.15, -0.1) is 0 Å². The van der Waals surface area contributed by atoms with Crippen molar-refractivity contribution in [3.8, 4) is 0 Å². The van der Waals surface area contributed by atoms with Gasteiger partial charge in [0.25, 0.3) is 5.69 Å². The summed E-state index contributed by atoms with van der Waals surface area (Å²) in [5, 5.41) is 10.5. The predicted molar refractivity (Wildman–Crippen MR) is 114 cm³/mol. The first-order chi connectivity index (χ1) is 15.8. The lowest BCUT2D eigenvalue weighted by molar-refractivity contribution is -0.384. The number of nitro groups is 1.